The van der Waals surface area contributed by atoms with Crippen LogP contribution in [0.4, 0.5) is 0 Å². The molecule has 2 N–H and O–H groups in total. The van der Waals surface area contributed by atoms with Gasteiger partial charge in [-0.3, -0.25) is 14.4 Å². The van der Waals surface area contributed by atoms with Crippen LogP contribution in [0.2, 0.25) is 0 Å². The van der Waals surface area contributed by atoms with E-state index in [-0.39, 0.29) is 23.8 Å². The first-order valence-electron chi connectivity index (χ1n) is 12.2. The number of nitrogens with zero attached hydrogens (tertiary/aromatic N) is 2. The van der Waals surface area contributed by atoms with Crippen molar-refractivity contribution in [3.05, 3.63) is 0 Å². The number of methoxy groups -OCH3 is 1. The second-order valence-electron chi connectivity index (χ2n) is 9.17. The Hall–Kier alpha value is -1.65. The molecule has 3 fully saturated rings. The van der Waals surface area contributed by atoms with Gasteiger partial charge >= 0.3 is 5.91 Å². The number of rotatable bonds is 9. The van der Waals surface area contributed by atoms with Gasteiger partial charge in [0.05, 0.1) is 6.61 Å². The maximum atomic E-state index is 13.2. The predicted molar refractivity (Wildman–Crippen MR) is 128 cm³/mol. The van der Waals surface area contributed by atoms with Crippen molar-refractivity contribution < 1.29 is 23.9 Å². The van der Waals surface area contributed by atoms with Crippen molar-refractivity contribution >= 4 is 34.5 Å². The maximum absolute atomic E-state index is 13.2. The summed E-state index contributed by atoms with van der Waals surface area (Å²) in [6, 6.07) is -0.574. The number of Topliss-reactive ketones (excluding diaryl/α,β-unsaturated/α-hetero) is 1. The smallest absolute Gasteiger partial charge is 0.309 e. The van der Waals surface area contributed by atoms with Gasteiger partial charge in [0.25, 0.3) is 0 Å². The summed E-state index contributed by atoms with van der Waals surface area (Å²) in [7, 11) is 1.64. The molecule has 1 aliphatic carbocycles. The number of amides is 2. The molecule has 2 aliphatic heterocycles. The molecule has 2 amide bonds. The average Bonchev–Trinajstić information content (AvgIpc) is 3.01. The highest BCUT2D eigenvalue weighted by Gasteiger charge is 2.36. The van der Waals surface area contributed by atoms with Gasteiger partial charge in [-0.2, -0.15) is 0 Å². The van der Waals surface area contributed by atoms with E-state index in [0.717, 1.165) is 44.3 Å². The molecule has 3 aliphatic rings. The number of thioether (sulfide) groups is 1. The Bertz CT molecular complexity index is 705. The number of ether oxygens (including phenoxy) is 2. The summed E-state index contributed by atoms with van der Waals surface area (Å²) < 4.78 is 10.6. The molecule has 0 aromatic carbocycles. The van der Waals surface area contributed by atoms with E-state index in [0.29, 0.717) is 44.4 Å². The van der Waals surface area contributed by atoms with E-state index in [4.69, 9.17) is 9.47 Å². The Kier molecular flexibility index (Phi) is 10.5. The molecule has 1 saturated carbocycles. The highest BCUT2D eigenvalue weighted by molar-refractivity contribution is 8.14. The SMILES string of the molecule is COCCN1C(=NNC(=O)C(=O)[C@H](NC(=O)C2CCCCCC2)C2CCOCC2)SC[C@H]1C. The topological polar surface area (TPSA) is 109 Å². The van der Waals surface area contributed by atoms with Crippen LogP contribution >= 0.6 is 11.8 Å². The second kappa shape index (κ2) is 13.3. The maximum Gasteiger partial charge on any atom is 0.309 e. The molecule has 0 unspecified atom stereocenters. The van der Waals surface area contributed by atoms with Gasteiger partial charge in [0, 0.05) is 44.6 Å². The highest BCUT2D eigenvalue weighted by atomic mass is 32.2. The monoisotopic (exact) mass is 482 g/mol. The summed E-state index contributed by atoms with van der Waals surface area (Å²) >= 11 is 1.54. The minimum atomic E-state index is -0.843. The van der Waals surface area contributed by atoms with Crippen molar-refractivity contribution in [3.63, 3.8) is 0 Å². The van der Waals surface area contributed by atoms with Gasteiger partial charge in [0.15, 0.2) is 5.17 Å². The molecule has 0 aromatic rings. The van der Waals surface area contributed by atoms with Crippen LogP contribution in [0.25, 0.3) is 0 Å². The molecule has 3 rings (SSSR count). The third-order valence-electron chi connectivity index (χ3n) is 6.79. The quantitative estimate of drug-likeness (QED) is 0.293. The molecule has 10 heteroatoms. The number of hydrogen-bond donors (Lipinski definition) is 2. The number of hydrazone groups is 1. The molecular weight excluding hydrogens is 444 g/mol. The minimum Gasteiger partial charge on any atom is -0.383 e. The molecule has 2 saturated heterocycles. The molecule has 0 spiro atoms. The van der Waals surface area contributed by atoms with Gasteiger partial charge in [-0.05, 0) is 38.5 Å². The van der Waals surface area contributed by atoms with Crippen LogP contribution in [-0.2, 0) is 23.9 Å². The Labute approximate surface area is 200 Å². The Morgan fingerprint density at radius 1 is 1.15 bits per heavy atom. The van der Waals surface area contributed by atoms with Crippen molar-refractivity contribution in [2.45, 2.75) is 70.4 Å². The summed E-state index contributed by atoms with van der Waals surface area (Å²) in [5, 5.41) is 7.85. The zero-order valence-corrected chi connectivity index (χ0v) is 20.7. The lowest BCUT2D eigenvalue weighted by Crippen LogP contribution is -2.53. The number of carbonyl (C=O) groups excluding carboxylic acids is 3. The fourth-order valence-electron chi connectivity index (χ4n) is 4.71. The first kappa shape index (κ1) is 26.0. The summed E-state index contributed by atoms with van der Waals surface area (Å²) in [5.41, 5.74) is 2.45. The van der Waals surface area contributed by atoms with E-state index in [9.17, 15) is 14.4 Å². The third kappa shape index (κ3) is 7.42. The lowest BCUT2D eigenvalue weighted by atomic mass is 9.87. The molecule has 0 aromatic heterocycles. The second-order valence-corrected chi connectivity index (χ2v) is 10.2. The van der Waals surface area contributed by atoms with Crippen LogP contribution in [0.3, 0.4) is 0 Å². The van der Waals surface area contributed by atoms with E-state index in [1.165, 1.54) is 11.8 Å². The lowest BCUT2D eigenvalue weighted by Gasteiger charge is -2.30. The van der Waals surface area contributed by atoms with E-state index in [2.05, 4.69) is 27.7 Å². The molecule has 0 radical (unpaired) electrons. The van der Waals surface area contributed by atoms with Gasteiger partial charge in [-0.15, -0.1) is 5.10 Å². The van der Waals surface area contributed by atoms with E-state index < -0.39 is 17.7 Å². The fraction of sp³-hybridized carbons (Fsp3) is 0.826. The first-order chi connectivity index (χ1) is 16.0. The zero-order valence-electron chi connectivity index (χ0n) is 19.8. The molecule has 9 nitrogen and oxygen atoms in total. The largest absolute Gasteiger partial charge is 0.383 e. The molecule has 0 bridgehead atoms. The first-order valence-corrected chi connectivity index (χ1v) is 13.2. The number of carbonyl (C=O) groups is 3. The molecular formula is C23H38N4O5S. The number of nitrogens with one attached hydrogen (secondary N) is 2. The number of hydrogen-bond acceptors (Lipinski definition) is 7. The van der Waals surface area contributed by atoms with Crippen molar-refractivity contribution in [1.29, 1.82) is 0 Å². The molecule has 33 heavy (non-hydrogen) atoms. The molecule has 2 atom stereocenters. The zero-order chi connectivity index (χ0) is 23.6. The van der Waals surface area contributed by atoms with Gasteiger partial charge in [0.2, 0.25) is 11.7 Å². The Morgan fingerprint density at radius 3 is 2.52 bits per heavy atom. The third-order valence-corrected chi connectivity index (χ3v) is 8.02. The predicted octanol–water partition coefficient (Wildman–Crippen LogP) is 1.91. The van der Waals surface area contributed by atoms with Crippen molar-refractivity contribution in [2.75, 3.05) is 39.2 Å². The molecule has 186 valence electrons. The van der Waals surface area contributed by atoms with Crippen LogP contribution in [-0.4, -0.2) is 79.0 Å². The Morgan fingerprint density at radius 2 is 1.85 bits per heavy atom. The van der Waals surface area contributed by atoms with Crippen LogP contribution in [0.5, 0.6) is 0 Å². The normalized spacial score (nSPS) is 25.0. The van der Waals surface area contributed by atoms with E-state index in [1.807, 2.05) is 0 Å². The molecule has 2 heterocycles. The van der Waals surface area contributed by atoms with Crippen molar-refractivity contribution in [1.82, 2.24) is 15.6 Å². The Balaban J connectivity index is 1.65. The van der Waals surface area contributed by atoms with Crippen molar-refractivity contribution in [3.8, 4) is 0 Å². The van der Waals surface area contributed by atoms with Crippen LogP contribution < -0.4 is 10.7 Å². The standard InChI is InChI=1S/C23H38N4O5S/c1-16-15-33-23(27(16)11-14-31-2)26-25-22(30)20(28)19(17-9-12-32-13-10-17)24-21(29)18-7-5-3-4-6-8-18/h16-19H,3-15H2,1-2H3,(H,24,29)(H,25,30)/t16-,19-/m1/s1. The van der Waals surface area contributed by atoms with Crippen LogP contribution in [0, 0.1) is 11.8 Å². The van der Waals surface area contributed by atoms with E-state index >= 15 is 0 Å². The minimum absolute atomic E-state index is 0.0864. The van der Waals surface area contributed by atoms with Gasteiger partial charge in [-0.1, -0.05) is 37.4 Å². The summed E-state index contributed by atoms with van der Waals surface area (Å²) in [5.74, 6) is -0.865. The fourth-order valence-corrected chi connectivity index (χ4v) is 5.83. The van der Waals surface area contributed by atoms with Gasteiger partial charge in [-0.25, -0.2) is 5.43 Å². The highest BCUT2D eigenvalue weighted by Crippen LogP contribution is 2.26. The van der Waals surface area contributed by atoms with Crippen molar-refractivity contribution in [2.24, 2.45) is 16.9 Å². The van der Waals surface area contributed by atoms with Gasteiger partial charge < -0.3 is 19.7 Å². The number of amidine groups is 1. The van der Waals surface area contributed by atoms with Crippen LogP contribution in [0.15, 0.2) is 5.10 Å². The summed E-state index contributed by atoms with van der Waals surface area (Å²) in [4.78, 5) is 41.0. The van der Waals surface area contributed by atoms with E-state index in [1.54, 1.807) is 7.11 Å². The lowest BCUT2D eigenvalue weighted by molar-refractivity contribution is -0.142. The summed E-state index contributed by atoms with van der Waals surface area (Å²) in [6.07, 6.45) is 7.31. The van der Waals surface area contributed by atoms with Crippen LogP contribution in [0.1, 0.15) is 58.3 Å². The summed E-state index contributed by atoms with van der Waals surface area (Å²) in [6.45, 7) is 4.36. The van der Waals surface area contributed by atoms with Gasteiger partial charge in [0.1, 0.15) is 6.04 Å². The average molecular weight is 483 g/mol. The number of ketones is 1.